The van der Waals surface area contributed by atoms with Gasteiger partial charge >= 0.3 is 0 Å². The Balaban J connectivity index is 1.24. The molecule has 4 fully saturated rings. The molecule has 7 nitrogen and oxygen atoms in total. The van der Waals surface area contributed by atoms with E-state index in [1.54, 1.807) is 0 Å². The molecule has 3 aliphatic carbocycles. The Bertz CT molecular complexity index is 807. The molecule has 9 heteroatoms. The van der Waals surface area contributed by atoms with Crippen LogP contribution in [0.25, 0.3) is 0 Å². The molecule has 5 rings (SSSR count). The third-order valence-electron chi connectivity index (χ3n) is 6.39. The van der Waals surface area contributed by atoms with Crippen molar-refractivity contribution in [2.45, 2.75) is 56.3 Å². The van der Waals surface area contributed by atoms with Gasteiger partial charge in [-0.2, -0.15) is 0 Å². The number of hydrazine groups is 1. The van der Waals surface area contributed by atoms with Crippen LogP contribution in [0, 0.1) is 11.7 Å². The van der Waals surface area contributed by atoms with E-state index in [-0.39, 0.29) is 46.8 Å². The minimum atomic E-state index is -0.586. The van der Waals surface area contributed by atoms with Gasteiger partial charge in [0.15, 0.2) is 6.61 Å². The standard InChI is InChI=1S/C20H26ClFN4O3/c1-11-5-16(25-26(11)2)19(28)23-17-9-20(7-12(17)8-20)24-18(27)10-29-13-3-4-14(21)15(22)6-13/h3-4,6,11-12,16-17,25H,5,7-10H2,1-2H3,(H,23,28)(H,24,27). The van der Waals surface area contributed by atoms with Crippen LogP contribution >= 0.6 is 11.6 Å². The highest BCUT2D eigenvalue weighted by Gasteiger charge is 2.57. The molecule has 3 N–H and O–H groups in total. The number of fused-ring (bicyclic) bond motifs is 1. The maximum atomic E-state index is 13.4. The fraction of sp³-hybridized carbons (Fsp3) is 0.600. The van der Waals surface area contributed by atoms with Gasteiger partial charge in [-0.05, 0) is 50.7 Å². The summed E-state index contributed by atoms with van der Waals surface area (Å²) in [6.45, 7) is 1.89. The Labute approximate surface area is 174 Å². The number of halogens is 2. The van der Waals surface area contributed by atoms with E-state index in [1.807, 2.05) is 12.1 Å². The van der Waals surface area contributed by atoms with Gasteiger partial charge in [0, 0.05) is 30.7 Å². The van der Waals surface area contributed by atoms with Crippen molar-refractivity contribution < 1.29 is 18.7 Å². The van der Waals surface area contributed by atoms with Gasteiger partial charge in [-0.25, -0.2) is 14.8 Å². The second-order valence-electron chi connectivity index (χ2n) is 8.56. The molecule has 29 heavy (non-hydrogen) atoms. The van der Waals surface area contributed by atoms with Crippen LogP contribution in [-0.2, 0) is 9.59 Å². The highest BCUT2D eigenvalue weighted by Crippen LogP contribution is 2.52. The summed E-state index contributed by atoms with van der Waals surface area (Å²) in [5.74, 6) is -0.170. The number of hydrogen-bond donors (Lipinski definition) is 3. The van der Waals surface area contributed by atoms with Crippen molar-refractivity contribution in [2.24, 2.45) is 5.92 Å². The third-order valence-corrected chi connectivity index (χ3v) is 6.70. The second kappa shape index (κ2) is 7.74. The summed E-state index contributed by atoms with van der Waals surface area (Å²) in [6.07, 6.45) is 3.22. The predicted molar refractivity (Wildman–Crippen MR) is 106 cm³/mol. The van der Waals surface area contributed by atoms with Crippen LogP contribution in [0.2, 0.25) is 5.02 Å². The van der Waals surface area contributed by atoms with Gasteiger partial charge < -0.3 is 15.4 Å². The molecule has 1 aromatic carbocycles. The zero-order valence-electron chi connectivity index (χ0n) is 16.5. The van der Waals surface area contributed by atoms with E-state index in [2.05, 4.69) is 23.0 Å². The first-order chi connectivity index (χ1) is 13.7. The average Bonchev–Trinajstić information content (AvgIpc) is 3.26. The second-order valence-corrected chi connectivity index (χ2v) is 8.97. The van der Waals surface area contributed by atoms with E-state index in [1.165, 1.54) is 12.1 Å². The van der Waals surface area contributed by atoms with Gasteiger partial charge in [-0.15, -0.1) is 0 Å². The molecule has 4 aliphatic rings. The maximum absolute atomic E-state index is 13.4. The van der Waals surface area contributed by atoms with Crippen molar-refractivity contribution in [2.75, 3.05) is 13.7 Å². The number of benzene rings is 1. The number of amides is 2. The van der Waals surface area contributed by atoms with Crippen molar-refractivity contribution in [3.63, 3.8) is 0 Å². The number of hydrogen-bond acceptors (Lipinski definition) is 5. The number of carbonyl (C=O) groups is 2. The van der Waals surface area contributed by atoms with E-state index in [0.717, 1.165) is 31.7 Å². The van der Waals surface area contributed by atoms with Crippen LogP contribution in [0.3, 0.4) is 0 Å². The van der Waals surface area contributed by atoms with E-state index in [9.17, 15) is 14.0 Å². The van der Waals surface area contributed by atoms with Crippen molar-refractivity contribution in [1.82, 2.24) is 21.1 Å². The van der Waals surface area contributed by atoms with Crippen molar-refractivity contribution in [3.8, 4) is 5.75 Å². The molecular formula is C20H26ClFN4O3. The van der Waals surface area contributed by atoms with Crippen LogP contribution in [0.15, 0.2) is 18.2 Å². The minimum absolute atomic E-state index is 0.00847. The number of nitrogens with zero attached hydrogens (tertiary/aromatic N) is 1. The van der Waals surface area contributed by atoms with Crippen LogP contribution in [0.5, 0.6) is 5.75 Å². The molecule has 0 aromatic heterocycles. The molecule has 1 saturated heterocycles. The van der Waals surface area contributed by atoms with Crippen LogP contribution < -0.4 is 20.8 Å². The van der Waals surface area contributed by atoms with E-state index < -0.39 is 5.82 Å². The third kappa shape index (κ3) is 4.20. The first-order valence-corrected chi connectivity index (χ1v) is 10.3. The lowest BCUT2D eigenvalue weighted by atomic mass is 9.76. The smallest absolute Gasteiger partial charge is 0.258 e. The molecule has 2 amide bonds. The molecule has 0 spiro atoms. The molecule has 3 atom stereocenters. The average molecular weight is 425 g/mol. The first kappa shape index (κ1) is 20.4. The Hall–Kier alpha value is -1.90. The predicted octanol–water partition coefficient (Wildman–Crippen LogP) is 1.61. The molecule has 1 heterocycles. The normalized spacial score (nSPS) is 33.2. The van der Waals surface area contributed by atoms with Gasteiger partial charge in [0.1, 0.15) is 17.6 Å². The van der Waals surface area contributed by atoms with Crippen molar-refractivity contribution >= 4 is 23.4 Å². The molecule has 3 unspecified atom stereocenters. The Kier molecular flexibility index (Phi) is 5.44. The summed E-state index contributed by atoms with van der Waals surface area (Å²) in [6, 6.07) is 4.27. The molecular weight excluding hydrogens is 399 g/mol. The van der Waals surface area contributed by atoms with Gasteiger partial charge in [0.2, 0.25) is 5.91 Å². The van der Waals surface area contributed by atoms with Crippen molar-refractivity contribution in [3.05, 3.63) is 29.0 Å². The molecule has 1 aliphatic heterocycles. The largest absolute Gasteiger partial charge is 0.484 e. The number of ether oxygens (including phenoxy) is 1. The Morgan fingerprint density at radius 3 is 2.79 bits per heavy atom. The lowest BCUT2D eigenvalue weighted by molar-refractivity contribution is -0.126. The number of rotatable bonds is 6. The molecule has 0 radical (unpaired) electrons. The Morgan fingerprint density at radius 2 is 2.14 bits per heavy atom. The van der Waals surface area contributed by atoms with Crippen LogP contribution in [0.1, 0.15) is 32.6 Å². The van der Waals surface area contributed by atoms with Gasteiger partial charge in [0.05, 0.1) is 5.02 Å². The van der Waals surface area contributed by atoms with Crippen molar-refractivity contribution in [1.29, 1.82) is 0 Å². The summed E-state index contributed by atoms with van der Waals surface area (Å²) in [5.41, 5.74) is 2.91. The van der Waals surface area contributed by atoms with E-state index in [4.69, 9.17) is 16.3 Å². The topological polar surface area (TPSA) is 82.7 Å². The van der Waals surface area contributed by atoms with E-state index >= 15 is 0 Å². The minimum Gasteiger partial charge on any atom is -0.484 e. The SMILES string of the molecule is CC1CC(C(=O)NC2CC3(NC(=O)COc4ccc(Cl)c(F)c4)CC2C3)NN1C. The fourth-order valence-corrected chi connectivity index (χ4v) is 4.84. The van der Waals surface area contributed by atoms with Gasteiger partial charge in [-0.3, -0.25) is 9.59 Å². The number of carbonyl (C=O) groups excluding carboxylic acids is 2. The molecule has 158 valence electrons. The summed E-state index contributed by atoms with van der Waals surface area (Å²) in [4.78, 5) is 24.9. The zero-order chi connectivity index (χ0) is 20.8. The Morgan fingerprint density at radius 1 is 1.38 bits per heavy atom. The van der Waals surface area contributed by atoms with Crippen LogP contribution in [-0.4, -0.2) is 54.1 Å². The first-order valence-electron chi connectivity index (χ1n) is 9.93. The van der Waals surface area contributed by atoms with Gasteiger partial charge in [-0.1, -0.05) is 11.6 Å². The summed E-state index contributed by atoms with van der Waals surface area (Å²) < 4.78 is 18.8. The summed E-state index contributed by atoms with van der Waals surface area (Å²) >= 11 is 5.64. The monoisotopic (exact) mass is 424 g/mol. The lowest BCUT2D eigenvalue weighted by Gasteiger charge is -2.39. The van der Waals surface area contributed by atoms with Gasteiger partial charge in [0.25, 0.3) is 5.91 Å². The summed E-state index contributed by atoms with van der Waals surface area (Å²) in [5, 5.41) is 8.18. The zero-order valence-corrected chi connectivity index (χ0v) is 17.3. The maximum Gasteiger partial charge on any atom is 0.258 e. The quantitative estimate of drug-likeness (QED) is 0.646. The summed E-state index contributed by atoms with van der Waals surface area (Å²) in [7, 11) is 1.94. The highest BCUT2D eigenvalue weighted by atomic mass is 35.5. The van der Waals surface area contributed by atoms with E-state index in [0.29, 0.717) is 12.0 Å². The lowest BCUT2D eigenvalue weighted by Crippen LogP contribution is -2.53. The highest BCUT2D eigenvalue weighted by molar-refractivity contribution is 6.30. The van der Waals surface area contributed by atoms with Crippen LogP contribution in [0.4, 0.5) is 4.39 Å². The molecule has 1 aromatic rings. The number of nitrogens with one attached hydrogen (secondary N) is 3. The fourth-order valence-electron chi connectivity index (χ4n) is 4.73. The molecule has 2 bridgehead atoms. The molecule has 3 saturated carbocycles.